The van der Waals surface area contributed by atoms with Crippen molar-refractivity contribution in [2.75, 3.05) is 0 Å². The molecule has 1 unspecified atom stereocenters. The van der Waals surface area contributed by atoms with E-state index in [1.54, 1.807) is 6.07 Å². The molecule has 0 aromatic carbocycles. The average Bonchev–Trinajstić information content (AvgIpc) is 2.80. The molecule has 2 N–H and O–H groups in total. The quantitative estimate of drug-likeness (QED) is 0.791. The number of nitrogens with zero attached hydrogens (tertiary/aromatic N) is 4. The molecule has 0 radical (unpaired) electrons. The van der Waals surface area contributed by atoms with Crippen LogP contribution in [0.3, 0.4) is 0 Å². The van der Waals surface area contributed by atoms with Crippen LogP contribution in [-0.4, -0.2) is 25.6 Å². The van der Waals surface area contributed by atoms with Gasteiger partial charge in [-0.15, -0.1) is 10.2 Å². The molecule has 0 aliphatic heterocycles. The first-order valence-electron chi connectivity index (χ1n) is 4.83. The zero-order valence-corrected chi connectivity index (χ0v) is 8.68. The van der Waals surface area contributed by atoms with Crippen molar-refractivity contribution in [3.63, 3.8) is 0 Å². The molecule has 0 saturated heterocycles. The zero-order chi connectivity index (χ0) is 11.4. The maximum Gasteiger partial charge on any atom is 0.188 e. The summed E-state index contributed by atoms with van der Waals surface area (Å²) in [6, 6.07) is 3.03. The van der Waals surface area contributed by atoms with Gasteiger partial charge in [0.2, 0.25) is 0 Å². The Kier molecular flexibility index (Phi) is 3.16. The van der Waals surface area contributed by atoms with Gasteiger partial charge in [-0.05, 0) is 19.1 Å². The van der Waals surface area contributed by atoms with Gasteiger partial charge in [0.15, 0.2) is 5.82 Å². The average molecular weight is 222 g/mol. The molecule has 1 atom stereocenters. The van der Waals surface area contributed by atoms with Crippen molar-refractivity contribution >= 4 is 0 Å². The van der Waals surface area contributed by atoms with Crippen molar-refractivity contribution in [1.82, 2.24) is 30.9 Å². The van der Waals surface area contributed by atoms with E-state index in [2.05, 4.69) is 30.9 Å². The molecule has 2 heterocycles. The Morgan fingerprint density at radius 1 is 1.50 bits per heavy atom. The lowest BCUT2D eigenvalue weighted by Gasteiger charge is -2.11. The summed E-state index contributed by atoms with van der Waals surface area (Å²) in [4.78, 5) is 3.98. The topological polar surface area (TPSA) is 79.4 Å². The molecule has 2 aromatic rings. The number of aromatic nitrogens is 5. The number of H-pyrrole nitrogens is 1. The Labute approximate surface area is 91.3 Å². The van der Waals surface area contributed by atoms with E-state index in [0.717, 1.165) is 5.69 Å². The van der Waals surface area contributed by atoms with Crippen molar-refractivity contribution in [2.24, 2.45) is 0 Å². The van der Waals surface area contributed by atoms with E-state index in [4.69, 9.17) is 0 Å². The van der Waals surface area contributed by atoms with Gasteiger partial charge < -0.3 is 5.32 Å². The maximum absolute atomic E-state index is 12.6. The van der Waals surface area contributed by atoms with E-state index in [0.29, 0.717) is 12.4 Å². The molecule has 16 heavy (non-hydrogen) atoms. The summed E-state index contributed by atoms with van der Waals surface area (Å²) in [7, 11) is 0. The van der Waals surface area contributed by atoms with Gasteiger partial charge in [-0.25, -0.2) is 4.39 Å². The maximum atomic E-state index is 12.6. The normalized spacial score (nSPS) is 12.6. The summed E-state index contributed by atoms with van der Waals surface area (Å²) < 4.78 is 12.6. The lowest BCUT2D eigenvalue weighted by Crippen LogP contribution is -2.19. The highest BCUT2D eigenvalue weighted by molar-refractivity contribution is 5.08. The Balaban J connectivity index is 1.93. The third-order valence-electron chi connectivity index (χ3n) is 2.15. The first-order chi connectivity index (χ1) is 7.75. The summed E-state index contributed by atoms with van der Waals surface area (Å²) in [5, 5.41) is 16.6. The van der Waals surface area contributed by atoms with Crippen LogP contribution in [0.1, 0.15) is 24.5 Å². The van der Waals surface area contributed by atoms with Gasteiger partial charge in [0.05, 0.1) is 18.4 Å². The molecule has 2 rings (SSSR count). The van der Waals surface area contributed by atoms with Crippen LogP contribution in [0.2, 0.25) is 0 Å². The number of tetrazole rings is 1. The fraction of sp³-hybridized carbons (Fsp3) is 0.333. The number of halogens is 1. The lowest BCUT2D eigenvalue weighted by atomic mass is 10.2. The van der Waals surface area contributed by atoms with Gasteiger partial charge in [-0.1, -0.05) is 5.21 Å². The number of aromatic amines is 1. The second-order valence-electron chi connectivity index (χ2n) is 3.33. The van der Waals surface area contributed by atoms with E-state index >= 15 is 0 Å². The highest BCUT2D eigenvalue weighted by Crippen LogP contribution is 2.09. The van der Waals surface area contributed by atoms with Crippen LogP contribution in [0.4, 0.5) is 4.39 Å². The van der Waals surface area contributed by atoms with E-state index in [1.165, 1.54) is 12.3 Å². The van der Waals surface area contributed by atoms with Gasteiger partial charge in [0.1, 0.15) is 5.82 Å². The number of pyridine rings is 1. The molecule has 6 nitrogen and oxygen atoms in total. The fourth-order valence-electron chi connectivity index (χ4n) is 1.25. The third kappa shape index (κ3) is 2.57. The van der Waals surface area contributed by atoms with Crippen molar-refractivity contribution in [2.45, 2.75) is 19.5 Å². The molecule has 2 aromatic heterocycles. The number of rotatable bonds is 4. The van der Waals surface area contributed by atoms with Gasteiger partial charge in [0, 0.05) is 6.04 Å². The van der Waals surface area contributed by atoms with Crippen LogP contribution in [0.5, 0.6) is 0 Å². The van der Waals surface area contributed by atoms with Crippen LogP contribution < -0.4 is 5.32 Å². The molecular formula is C9H11FN6. The van der Waals surface area contributed by atoms with E-state index in [9.17, 15) is 4.39 Å². The Morgan fingerprint density at radius 3 is 3.00 bits per heavy atom. The highest BCUT2D eigenvalue weighted by Gasteiger charge is 2.07. The number of hydrogen-bond donors (Lipinski definition) is 2. The number of hydrogen-bond acceptors (Lipinski definition) is 5. The van der Waals surface area contributed by atoms with Crippen molar-refractivity contribution in [1.29, 1.82) is 0 Å². The van der Waals surface area contributed by atoms with Crippen LogP contribution in [-0.2, 0) is 6.54 Å². The molecular weight excluding hydrogens is 211 g/mol. The smallest absolute Gasteiger partial charge is 0.188 e. The van der Waals surface area contributed by atoms with Gasteiger partial charge in [-0.3, -0.25) is 4.98 Å². The minimum Gasteiger partial charge on any atom is -0.302 e. The van der Waals surface area contributed by atoms with Crippen LogP contribution in [0.25, 0.3) is 0 Å². The second-order valence-corrected chi connectivity index (χ2v) is 3.33. The second kappa shape index (κ2) is 4.75. The van der Waals surface area contributed by atoms with Gasteiger partial charge in [0.25, 0.3) is 0 Å². The van der Waals surface area contributed by atoms with Gasteiger partial charge >= 0.3 is 0 Å². The molecule has 0 amide bonds. The lowest BCUT2D eigenvalue weighted by molar-refractivity contribution is 0.542. The molecule has 0 spiro atoms. The molecule has 84 valence electrons. The predicted octanol–water partition coefficient (Wildman–Crippen LogP) is 0.585. The standard InChI is InChI=1S/C9H11FN6/c1-6(8-3-2-7(10)4-12-8)11-5-9-13-15-16-14-9/h2-4,6,11H,5H2,1H3,(H,13,14,15,16). The highest BCUT2D eigenvalue weighted by atomic mass is 19.1. The Bertz CT molecular complexity index is 426. The van der Waals surface area contributed by atoms with E-state index < -0.39 is 0 Å². The fourth-order valence-corrected chi connectivity index (χ4v) is 1.25. The van der Waals surface area contributed by atoms with Crippen molar-refractivity contribution < 1.29 is 4.39 Å². The van der Waals surface area contributed by atoms with Crippen LogP contribution in [0.15, 0.2) is 18.3 Å². The first-order valence-corrected chi connectivity index (χ1v) is 4.83. The summed E-state index contributed by atoms with van der Waals surface area (Å²) in [6.07, 6.45) is 1.20. The van der Waals surface area contributed by atoms with Crippen LogP contribution in [0, 0.1) is 5.82 Å². The van der Waals surface area contributed by atoms with Crippen molar-refractivity contribution in [3.8, 4) is 0 Å². The minimum atomic E-state index is -0.339. The molecule has 0 saturated carbocycles. The van der Waals surface area contributed by atoms with E-state index in [1.807, 2.05) is 6.92 Å². The third-order valence-corrected chi connectivity index (χ3v) is 2.15. The monoisotopic (exact) mass is 222 g/mol. The summed E-state index contributed by atoms with van der Waals surface area (Å²) >= 11 is 0. The molecule has 0 aliphatic carbocycles. The Hall–Kier alpha value is -1.89. The minimum absolute atomic E-state index is 0.000833. The van der Waals surface area contributed by atoms with Crippen LogP contribution >= 0.6 is 0 Å². The van der Waals surface area contributed by atoms with Gasteiger partial charge in [-0.2, -0.15) is 5.21 Å². The summed E-state index contributed by atoms with van der Waals surface area (Å²) in [6.45, 7) is 2.41. The number of nitrogens with one attached hydrogen (secondary N) is 2. The molecule has 0 aliphatic rings. The summed E-state index contributed by atoms with van der Waals surface area (Å²) in [5.41, 5.74) is 0.768. The zero-order valence-electron chi connectivity index (χ0n) is 8.68. The Morgan fingerprint density at radius 2 is 2.38 bits per heavy atom. The molecule has 0 bridgehead atoms. The van der Waals surface area contributed by atoms with E-state index in [-0.39, 0.29) is 11.9 Å². The largest absolute Gasteiger partial charge is 0.302 e. The first kappa shape index (κ1) is 10.6. The predicted molar refractivity (Wildman–Crippen MR) is 53.6 cm³/mol. The molecule has 7 heteroatoms. The SMILES string of the molecule is CC(NCc1nn[nH]n1)c1ccc(F)cn1. The van der Waals surface area contributed by atoms with Crippen molar-refractivity contribution in [3.05, 3.63) is 35.7 Å². The summed E-state index contributed by atoms with van der Waals surface area (Å²) in [5.74, 6) is 0.239. The molecule has 0 fully saturated rings.